The van der Waals surface area contributed by atoms with Crippen molar-refractivity contribution in [2.24, 2.45) is 5.92 Å². The summed E-state index contributed by atoms with van der Waals surface area (Å²) in [5, 5.41) is 8.36. The number of hydrogen-bond donors (Lipinski definition) is 1. The third-order valence-corrected chi connectivity index (χ3v) is 1.95. The van der Waals surface area contributed by atoms with Gasteiger partial charge < -0.3 is 9.84 Å². The summed E-state index contributed by atoms with van der Waals surface area (Å²) < 4.78 is 4.36. The smallest absolute Gasteiger partial charge is 0.316 e. The van der Waals surface area contributed by atoms with Crippen LogP contribution in [0.25, 0.3) is 0 Å². The third kappa shape index (κ3) is 2.85. The molecule has 72 valence electrons. The van der Waals surface area contributed by atoms with E-state index in [4.69, 9.17) is 5.11 Å². The molecular formula is C8H10O5. The second-order valence-electron chi connectivity index (χ2n) is 2.96. The number of esters is 2. The lowest BCUT2D eigenvalue weighted by molar-refractivity contribution is -0.167. The van der Waals surface area contributed by atoms with Gasteiger partial charge in [0.25, 0.3) is 0 Å². The minimum atomic E-state index is -0.940. The van der Waals surface area contributed by atoms with Crippen LogP contribution in [0.4, 0.5) is 0 Å². The largest absolute Gasteiger partial charge is 0.481 e. The summed E-state index contributed by atoms with van der Waals surface area (Å²) in [6.45, 7) is 0. The molecule has 0 aromatic carbocycles. The Morgan fingerprint density at radius 2 is 2.23 bits per heavy atom. The molecule has 1 fully saturated rings. The number of rotatable bonds is 3. The Hall–Kier alpha value is -1.39. The number of ether oxygens (including phenoxy) is 1. The highest BCUT2D eigenvalue weighted by Gasteiger charge is 2.28. The summed E-state index contributed by atoms with van der Waals surface area (Å²) in [7, 11) is 0. The highest BCUT2D eigenvalue weighted by atomic mass is 16.6. The number of carbonyl (C=O) groups excluding carboxylic acids is 2. The molecule has 0 unspecified atom stereocenters. The van der Waals surface area contributed by atoms with Crippen molar-refractivity contribution in [3.05, 3.63) is 0 Å². The number of carboxylic acids is 1. The molecule has 0 aromatic rings. The van der Waals surface area contributed by atoms with E-state index in [1.165, 1.54) is 0 Å². The van der Waals surface area contributed by atoms with E-state index in [1.807, 2.05) is 0 Å². The van der Waals surface area contributed by atoms with Crippen LogP contribution in [0.15, 0.2) is 0 Å². The fourth-order valence-corrected chi connectivity index (χ4v) is 1.22. The quantitative estimate of drug-likeness (QED) is 0.507. The van der Waals surface area contributed by atoms with E-state index in [0.29, 0.717) is 6.42 Å². The first kappa shape index (κ1) is 9.70. The molecule has 1 N–H and O–H groups in total. The lowest BCUT2D eigenvalue weighted by Gasteiger charge is -2.18. The minimum absolute atomic E-state index is 0.0616. The van der Waals surface area contributed by atoms with Crippen molar-refractivity contribution in [1.82, 2.24) is 0 Å². The Morgan fingerprint density at radius 1 is 1.54 bits per heavy atom. The van der Waals surface area contributed by atoms with Crippen molar-refractivity contribution in [3.63, 3.8) is 0 Å². The predicted molar refractivity (Wildman–Crippen MR) is 40.7 cm³/mol. The van der Waals surface area contributed by atoms with Crippen LogP contribution in [-0.2, 0) is 19.1 Å². The van der Waals surface area contributed by atoms with E-state index >= 15 is 0 Å². The summed E-state index contributed by atoms with van der Waals surface area (Å²) >= 11 is 0. The molecule has 1 aliphatic rings. The number of carboxylic acid groups (broad SMARTS) is 1. The van der Waals surface area contributed by atoms with Gasteiger partial charge in [0.05, 0.1) is 5.92 Å². The van der Waals surface area contributed by atoms with E-state index < -0.39 is 23.8 Å². The molecule has 0 aromatic heterocycles. The standard InChI is InChI=1S/C8H10O5/c9-6(10)3-1-5-2-4-7(11)13-8(5)12/h5H,1-4H2,(H,9,10)/t5-/m1/s1. The fraction of sp³-hybridized carbons (Fsp3) is 0.625. The van der Waals surface area contributed by atoms with Crippen molar-refractivity contribution >= 4 is 17.9 Å². The fourth-order valence-electron chi connectivity index (χ4n) is 1.22. The molecule has 1 atom stereocenters. The highest BCUT2D eigenvalue weighted by molar-refractivity contribution is 5.89. The molecule has 1 rings (SSSR count). The summed E-state index contributed by atoms with van der Waals surface area (Å²) in [5.41, 5.74) is 0. The Balaban J connectivity index is 2.38. The third-order valence-electron chi connectivity index (χ3n) is 1.95. The van der Waals surface area contributed by atoms with E-state index in [-0.39, 0.29) is 19.3 Å². The topological polar surface area (TPSA) is 80.7 Å². The van der Waals surface area contributed by atoms with Gasteiger partial charge >= 0.3 is 17.9 Å². The first-order valence-electron chi connectivity index (χ1n) is 4.06. The normalized spacial score (nSPS) is 22.6. The van der Waals surface area contributed by atoms with Gasteiger partial charge in [-0.2, -0.15) is 0 Å². The van der Waals surface area contributed by atoms with E-state index in [9.17, 15) is 14.4 Å². The number of carbonyl (C=O) groups is 3. The van der Waals surface area contributed by atoms with Crippen LogP contribution in [0.3, 0.4) is 0 Å². The predicted octanol–water partition coefficient (Wildman–Crippen LogP) is 0.331. The lowest BCUT2D eigenvalue weighted by atomic mass is 9.96. The first-order valence-corrected chi connectivity index (χ1v) is 4.06. The average Bonchev–Trinajstić information content (AvgIpc) is 2.02. The Bertz CT molecular complexity index is 245. The summed E-state index contributed by atoms with van der Waals surface area (Å²) in [4.78, 5) is 31.8. The molecule has 1 aliphatic heterocycles. The monoisotopic (exact) mass is 186 g/mol. The van der Waals surface area contributed by atoms with E-state index in [2.05, 4.69) is 4.74 Å². The van der Waals surface area contributed by atoms with Crippen LogP contribution >= 0.6 is 0 Å². The summed E-state index contributed by atoms with van der Waals surface area (Å²) in [5.74, 6) is -2.47. The van der Waals surface area contributed by atoms with Gasteiger partial charge in [0.15, 0.2) is 0 Å². The zero-order valence-electron chi connectivity index (χ0n) is 6.99. The molecule has 1 heterocycles. The Labute approximate surface area is 74.7 Å². The summed E-state index contributed by atoms with van der Waals surface area (Å²) in [6, 6.07) is 0. The van der Waals surface area contributed by atoms with Crippen LogP contribution in [0.5, 0.6) is 0 Å². The highest BCUT2D eigenvalue weighted by Crippen LogP contribution is 2.20. The zero-order valence-corrected chi connectivity index (χ0v) is 6.99. The molecule has 0 saturated carbocycles. The van der Waals surface area contributed by atoms with Gasteiger partial charge in [-0.25, -0.2) is 0 Å². The number of hydrogen-bond acceptors (Lipinski definition) is 4. The molecule has 1 saturated heterocycles. The van der Waals surface area contributed by atoms with Crippen LogP contribution in [0, 0.1) is 5.92 Å². The molecule has 13 heavy (non-hydrogen) atoms. The number of cyclic esters (lactones) is 2. The second-order valence-corrected chi connectivity index (χ2v) is 2.96. The van der Waals surface area contributed by atoms with Gasteiger partial charge in [0.1, 0.15) is 0 Å². The molecule has 0 spiro atoms. The maximum Gasteiger partial charge on any atom is 0.316 e. The first-order chi connectivity index (χ1) is 6.09. The number of aliphatic carboxylic acids is 1. The Morgan fingerprint density at radius 3 is 2.77 bits per heavy atom. The van der Waals surface area contributed by atoms with Gasteiger partial charge in [-0.1, -0.05) is 0 Å². The van der Waals surface area contributed by atoms with Crippen molar-refractivity contribution in [2.75, 3.05) is 0 Å². The zero-order chi connectivity index (χ0) is 9.84. The van der Waals surface area contributed by atoms with Crippen LogP contribution in [0.1, 0.15) is 25.7 Å². The molecule has 5 nitrogen and oxygen atoms in total. The van der Waals surface area contributed by atoms with Gasteiger partial charge in [-0.15, -0.1) is 0 Å². The van der Waals surface area contributed by atoms with Crippen molar-refractivity contribution < 1.29 is 24.2 Å². The molecule has 0 amide bonds. The van der Waals surface area contributed by atoms with E-state index in [1.54, 1.807) is 0 Å². The van der Waals surface area contributed by atoms with Crippen molar-refractivity contribution in [3.8, 4) is 0 Å². The molecule has 5 heteroatoms. The minimum Gasteiger partial charge on any atom is -0.481 e. The second kappa shape index (κ2) is 4.02. The molecule has 0 bridgehead atoms. The molecule has 0 radical (unpaired) electrons. The summed E-state index contributed by atoms with van der Waals surface area (Å²) in [6.07, 6.45) is 0.802. The van der Waals surface area contributed by atoms with Crippen molar-refractivity contribution in [1.29, 1.82) is 0 Å². The van der Waals surface area contributed by atoms with Crippen LogP contribution < -0.4 is 0 Å². The van der Waals surface area contributed by atoms with Crippen LogP contribution in [-0.4, -0.2) is 23.0 Å². The Kier molecular flexibility index (Phi) is 3.00. The van der Waals surface area contributed by atoms with E-state index in [0.717, 1.165) is 0 Å². The van der Waals surface area contributed by atoms with Gasteiger partial charge in [0, 0.05) is 12.8 Å². The molecular weight excluding hydrogens is 176 g/mol. The maximum absolute atomic E-state index is 11.0. The van der Waals surface area contributed by atoms with Gasteiger partial charge in [0.2, 0.25) is 0 Å². The van der Waals surface area contributed by atoms with Crippen LogP contribution in [0.2, 0.25) is 0 Å². The van der Waals surface area contributed by atoms with Crippen molar-refractivity contribution in [2.45, 2.75) is 25.7 Å². The van der Waals surface area contributed by atoms with Gasteiger partial charge in [-0.3, -0.25) is 14.4 Å². The maximum atomic E-state index is 11.0. The average molecular weight is 186 g/mol. The molecule has 0 aliphatic carbocycles. The van der Waals surface area contributed by atoms with Gasteiger partial charge in [-0.05, 0) is 12.8 Å². The lowest BCUT2D eigenvalue weighted by Crippen LogP contribution is -2.28. The SMILES string of the molecule is O=C(O)CC[C@@H]1CCC(=O)OC1=O.